The molecule has 0 unspecified atom stereocenters. The molecule has 0 radical (unpaired) electrons. The second kappa shape index (κ2) is 7.71. The molecule has 16 heavy (non-hydrogen) atoms. The van der Waals surface area contributed by atoms with Crippen LogP contribution in [0.3, 0.4) is 0 Å². The van der Waals surface area contributed by atoms with Crippen molar-refractivity contribution in [3.63, 3.8) is 0 Å². The molecular weight excluding hydrogens is 218 g/mol. The highest BCUT2D eigenvalue weighted by atomic mass is 32.1. The minimum absolute atomic E-state index is 0.786. The maximum absolute atomic E-state index is 4.21. The predicted octanol–water partition coefficient (Wildman–Crippen LogP) is 2.97. The van der Waals surface area contributed by atoms with Crippen LogP contribution in [0.4, 0.5) is 0 Å². The Kier molecular flexibility index (Phi) is 6.53. The van der Waals surface area contributed by atoms with Crippen LogP contribution in [0.15, 0.2) is 6.20 Å². The van der Waals surface area contributed by atoms with Gasteiger partial charge in [-0.2, -0.15) is 12.6 Å². The lowest BCUT2D eigenvalue weighted by Crippen LogP contribution is -2.06. The van der Waals surface area contributed by atoms with E-state index in [1.165, 1.54) is 18.5 Å². The van der Waals surface area contributed by atoms with Crippen molar-refractivity contribution in [3.8, 4) is 0 Å². The van der Waals surface area contributed by atoms with E-state index in [-0.39, 0.29) is 0 Å². The number of aromatic nitrogens is 3. The summed E-state index contributed by atoms with van der Waals surface area (Å²) in [5.74, 6) is 1.74. The summed E-state index contributed by atoms with van der Waals surface area (Å²) in [6.45, 7) is 5.52. The number of nitrogens with zero attached hydrogens (tertiary/aromatic N) is 3. The topological polar surface area (TPSA) is 30.7 Å². The first kappa shape index (κ1) is 13.6. The van der Waals surface area contributed by atoms with E-state index in [0.717, 1.165) is 37.5 Å². The van der Waals surface area contributed by atoms with Gasteiger partial charge in [-0.1, -0.05) is 25.5 Å². The summed E-state index contributed by atoms with van der Waals surface area (Å²) < 4.78 is 2.05. The standard InChI is InChI=1S/C12H23N3S/c1-11(2)6-5-7-12-10-13-14-15(12)8-3-4-9-16/h10-11,16H,3-9H2,1-2H3. The molecule has 1 heterocycles. The predicted molar refractivity (Wildman–Crippen MR) is 70.9 cm³/mol. The van der Waals surface area contributed by atoms with Gasteiger partial charge in [0.05, 0.1) is 11.9 Å². The zero-order valence-electron chi connectivity index (χ0n) is 10.4. The third-order valence-corrected chi connectivity index (χ3v) is 3.01. The zero-order chi connectivity index (χ0) is 11.8. The lowest BCUT2D eigenvalue weighted by Gasteiger charge is -2.06. The van der Waals surface area contributed by atoms with E-state index >= 15 is 0 Å². The third-order valence-electron chi connectivity index (χ3n) is 2.69. The molecule has 1 aromatic rings. The van der Waals surface area contributed by atoms with Gasteiger partial charge in [-0.15, -0.1) is 5.10 Å². The van der Waals surface area contributed by atoms with Crippen LogP contribution in [0.1, 0.15) is 45.2 Å². The van der Waals surface area contributed by atoms with Gasteiger partial charge in [-0.25, -0.2) is 4.68 Å². The van der Waals surface area contributed by atoms with Crippen molar-refractivity contribution in [2.75, 3.05) is 5.75 Å². The first-order valence-corrected chi connectivity index (χ1v) is 6.85. The fourth-order valence-corrected chi connectivity index (χ4v) is 1.95. The maximum Gasteiger partial charge on any atom is 0.0725 e. The Bertz CT molecular complexity index is 284. The van der Waals surface area contributed by atoms with Crippen LogP contribution in [0.5, 0.6) is 0 Å². The van der Waals surface area contributed by atoms with E-state index in [4.69, 9.17) is 0 Å². The van der Waals surface area contributed by atoms with Gasteiger partial charge in [0.25, 0.3) is 0 Å². The first-order valence-electron chi connectivity index (χ1n) is 6.22. The Morgan fingerprint density at radius 2 is 2.12 bits per heavy atom. The molecule has 92 valence electrons. The van der Waals surface area contributed by atoms with Crippen LogP contribution in [-0.4, -0.2) is 20.7 Å². The van der Waals surface area contributed by atoms with Crippen molar-refractivity contribution >= 4 is 12.6 Å². The van der Waals surface area contributed by atoms with Gasteiger partial charge in [0, 0.05) is 6.54 Å². The minimum Gasteiger partial charge on any atom is -0.249 e. The summed E-state index contributed by atoms with van der Waals surface area (Å²) in [6, 6.07) is 0. The van der Waals surface area contributed by atoms with Gasteiger partial charge in [-0.3, -0.25) is 0 Å². The normalized spacial score (nSPS) is 11.2. The summed E-state index contributed by atoms with van der Waals surface area (Å²) in [4.78, 5) is 0. The molecule has 0 amide bonds. The van der Waals surface area contributed by atoms with E-state index in [0.29, 0.717) is 0 Å². The molecule has 0 atom stereocenters. The molecule has 0 N–H and O–H groups in total. The van der Waals surface area contributed by atoms with Crippen molar-refractivity contribution < 1.29 is 0 Å². The summed E-state index contributed by atoms with van der Waals surface area (Å²) in [6.07, 6.45) is 7.81. The molecule has 0 aliphatic rings. The number of rotatable bonds is 8. The van der Waals surface area contributed by atoms with E-state index in [2.05, 4.69) is 36.8 Å². The maximum atomic E-state index is 4.21. The quantitative estimate of drug-likeness (QED) is 0.560. The zero-order valence-corrected chi connectivity index (χ0v) is 11.3. The highest BCUT2D eigenvalue weighted by molar-refractivity contribution is 7.80. The number of thiol groups is 1. The van der Waals surface area contributed by atoms with Crippen molar-refractivity contribution in [3.05, 3.63) is 11.9 Å². The van der Waals surface area contributed by atoms with E-state index < -0.39 is 0 Å². The molecule has 0 spiro atoms. The molecule has 3 nitrogen and oxygen atoms in total. The molecule has 1 aromatic heterocycles. The van der Waals surface area contributed by atoms with Gasteiger partial charge in [0.1, 0.15) is 0 Å². The second-order valence-electron chi connectivity index (χ2n) is 4.67. The van der Waals surface area contributed by atoms with E-state index in [1.54, 1.807) is 0 Å². The van der Waals surface area contributed by atoms with Crippen LogP contribution in [-0.2, 0) is 13.0 Å². The van der Waals surface area contributed by atoms with Crippen molar-refractivity contribution in [1.82, 2.24) is 15.0 Å². The van der Waals surface area contributed by atoms with E-state index in [9.17, 15) is 0 Å². The average Bonchev–Trinajstić information content (AvgIpc) is 2.66. The van der Waals surface area contributed by atoms with Crippen LogP contribution < -0.4 is 0 Å². The number of hydrogen-bond acceptors (Lipinski definition) is 3. The highest BCUT2D eigenvalue weighted by Gasteiger charge is 2.04. The molecular formula is C12H23N3S. The summed E-state index contributed by atoms with van der Waals surface area (Å²) in [7, 11) is 0. The number of aryl methyl sites for hydroxylation is 2. The molecule has 0 aromatic carbocycles. The Morgan fingerprint density at radius 3 is 2.81 bits per heavy atom. The molecule has 0 saturated heterocycles. The Morgan fingerprint density at radius 1 is 1.31 bits per heavy atom. The van der Waals surface area contributed by atoms with Crippen LogP contribution in [0, 0.1) is 5.92 Å². The van der Waals surface area contributed by atoms with Crippen molar-refractivity contribution in [2.45, 2.75) is 52.5 Å². The Balaban J connectivity index is 2.32. The SMILES string of the molecule is CC(C)CCCc1cnnn1CCCCS. The lowest BCUT2D eigenvalue weighted by atomic mass is 10.1. The number of hydrogen-bond donors (Lipinski definition) is 1. The van der Waals surface area contributed by atoms with Gasteiger partial charge < -0.3 is 0 Å². The van der Waals surface area contributed by atoms with E-state index in [1.807, 2.05) is 10.9 Å². The monoisotopic (exact) mass is 241 g/mol. The lowest BCUT2D eigenvalue weighted by molar-refractivity contribution is 0.509. The van der Waals surface area contributed by atoms with Crippen LogP contribution >= 0.6 is 12.6 Å². The Labute approximate surface area is 104 Å². The fraction of sp³-hybridized carbons (Fsp3) is 0.833. The molecule has 0 bridgehead atoms. The molecule has 0 fully saturated rings. The largest absolute Gasteiger partial charge is 0.249 e. The highest BCUT2D eigenvalue weighted by Crippen LogP contribution is 2.09. The molecule has 0 aliphatic carbocycles. The third kappa shape index (κ3) is 5.01. The van der Waals surface area contributed by atoms with Crippen LogP contribution in [0.25, 0.3) is 0 Å². The van der Waals surface area contributed by atoms with Gasteiger partial charge in [0.15, 0.2) is 0 Å². The smallest absolute Gasteiger partial charge is 0.0725 e. The number of unbranched alkanes of at least 4 members (excludes halogenated alkanes) is 1. The Hall–Kier alpha value is -0.510. The van der Waals surface area contributed by atoms with Crippen molar-refractivity contribution in [1.29, 1.82) is 0 Å². The van der Waals surface area contributed by atoms with Gasteiger partial charge in [-0.05, 0) is 37.4 Å². The molecule has 0 aliphatic heterocycles. The fourth-order valence-electron chi connectivity index (χ4n) is 1.73. The van der Waals surface area contributed by atoms with Crippen LogP contribution in [0.2, 0.25) is 0 Å². The van der Waals surface area contributed by atoms with Crippen molar-refractivity contribution in [2.24, 2.45) is 5.92 Å². The summed E-state index contributed by atoms with van der Waals surface area (Å²) in [5.41, 5.74) is 1.28. The first-order chi connectivity index (χ1) is 7.74. The van der Waals surface area contributed by atoms with Gasteiger partial charge >= 0.3 is 0 Å². The minimum atomic E-state index is 0.786. The average molecular weight is 241 g/mol. The summed E-state index contributed by atoms with van der Waals surface area (Å²) in [5, 5.41) is 8.12. The summed E-state index contributed by atoms with van der Waals surface area (Å²) >= 11 is 4.21. The molecule has 4 heteroatoms. The second-order valence-corrected chi connectivity index (χ2v) is 5.11. The molecule has 0 saturated carbocycles. The van der Waals surface area contributed by atoms with Gasteiger partial charge in [0.2, 0.25) is 0 Å². The molecule has 1 rings (SSSR count).